The highest BCUT2D eigenvalue weighted by Gasteiger charge is 2.48. The summed E-state index contributed by atoms with van der Waals surface area (Å²) in [5.74, 6) is 0. The molecule has 0 radical (unpaired) electrons. The van der Waals surface area contributed by atoms with Gasteiger partial charge < -0.3 is 25.1 Å². The van der Waals surface area contributed by atoms with Crippen molar-refractivity contribution in [2.24, 2.45) is 0 Å². The first kappa shape index (κ1) is 21.9. The minimum Gasteiger partial charge on any atom is -0.444 e. The number of carbonyl (C=O) groups is 2. The van der Waals surface area contributed by atoms with E-state index in [0.29, 0.717) is 32.5 Å². The molecule has 2 aliphatic rings. The second-order valence-electron chi connectivity index (χ2n) is 9.32. The molecule has 0 bridgehead atoms. The number of likely N-dealkylation sites (tertiary alicyclic amines) is 1. The van der Waals surface area contributed by atoms with Gasteiger partial charge in [0.15, 0.2) is 0 Å². The summed E-state index contributed by atoms with van der Waals surface area (Å²) in [6.45, 7) is 11.0. The molecule has 3 rings (SSSR count). The molecule has 0 saturated carbocycles. The predicted molar refractivity (Wildman–Crippen MR) is 117 cm³/mol. The highest BCUT2D eigenvalue weighted by atomic mass is 16.6. The van der Waals surface area contributed by atoms with E-state index in [9.17, 15) is 9.59 Å². The molecule has 2 aliphatic heterocycles. The van der Waals surface area contributed by atoms with Crippen molar-refractivity contribution < 1.29 is 19.1 Å². The van der Waals surface area contributed by atoms with Crippen molar-refractivity contribution >= 4 is 29.8 Å². The second-order valence-corrected chi connectivity index (χ2v) is 9.32. The smallest absolute Gasteiger partial charge is 0.415 e. The fourth-order valence-corrected chi connectivity index (χ4v) is 3.78. The molecule has 8 nitrogen and oxygen atoms in total. The molecule has 0 aliphatic carbocycles. The SMILES string of the molecule is CC(C)Nc1cc(N2CC3(CCN(C(=O)OC(C)(C)C)CC3)OC2=O)ccc1C=N. The number of amides is 2. The van der Waals surface area contributed by atoms with Gasteiger partial charge in [0.25, 0.3) is 0 Å². The molecule has 0 unspecified atom stereocenters. The van der Waals surface area contributed by atoms with Gasteiger partial charge in [0.05, 0.1) is 6.54 Å². The molecule has 2 saturated heterocycles. The molecule has 1 aromatic carbocycles. The number of nitrogens with one attached hydrogen (secondary N) is 2. The number of hydrogen-bond donors (Lipinski definition) is 2. The summed E-state index contributed by atoms with van der Waals surface area (Å²) in [7, 11) is 0. The van der Waals surface area contributed by atoms with Gasteiger partial charge in [-0.3, -0.25) is 4.90 Å². The van der Waals surface area contributed by atoms with Crippen molar-refractivity contribution in [3.05, 3.63) is 23.8 Å². The van der Waals surface area contributed by atoms with E-state index in [4.69, 9.17) is 14.9 Å². The van der Waals surface area contributed by atoms with Gasteiger partial charge in [-0.05, 0) is 52.8 Å². The van der Waals surface area contributed by atoms with Crippen LogP contribution in [-0.4, -0.2) is 60.2 Å². The Balaban J connectivity index is 1.70. The molecular weight excluding hydrogens is 384 g/mol. The zero-order valence-electron chi connectivity index (χ0n) is 18.4. The fourth-order valence-electron chi connectivity index (χ4n) is 3.78. The van der Waals surface area contributed by atoms with Gasteiger partial charge in [-0.2, -0.15) is 0 Å². The zero-order chi connectivity index (χ0) is 22.1. The van der Waals surface area contributed by atoms with Crippen LogP contribution in [-0.2, 0) is 9.47 Å². The Morgan fingerprint density at radius 3 is 2.53 bits per heavy atom. The summed E-state index contributed by atoms with van der Waals surface area (Å²) in [4.78, 5) is 28.3. The average molecular weight is 417 g/mol. The number of piperidine rings is 1. The summed E-state index contributed by atoms with van der Waals surface area (Å²) in [5.41, 5.74) is 1.18. The lowest BCUT2D eigenvalue weighted by molar-refractivity contribution is -0.0167. The van der Waals surface area contributed by atoms with Crippen molar-refractivity contribution in [1.29, 1.82) is 5.41 Å². The lowest BCUT2D eigenvalue weighted by Crippen LogP contribution is -2.49. The lowest BCUT2D eigenvalue weighted by Gasteiger charge is -2.37. The number of carbonyl (C=O) groups excluding carboxylic acids is 2. The van der Waals surface area contributed by atoms with Crippen molar-refractivity contribution in [2.45, 2.75) is 64.7 Å². The van der Waals surface area contributed by atoms with Crippen LogP contribution in [0.4, 0.5) is 21.0 Å². The molecule has 1 aromatic rings. The number of benzene rings is 1. The Hall–Kier alpha value is -2.77. The van der Waals surface area contributed by atoms with Crippen LogP contribution in [0.5, 0.6) is 0 Å². The van der Waals surface area contributed by atoms with Gasteiger partial charge in [0, 0.05) is 55.1 Å². The number of rotatable bonds is 4. The maximum absolute atomic E-state index is 12.7. The lowest BCUT2D eigenvalue weighted by atomic mass is 9.91. The molecule has 8 heteroatoms. The molecule has 164 valence electrons. The molecule has 0 aromatic heterocycles. The van der Waals surface area contributed by atoms with Crippen LogP contribution in [0.1, 0.15) is 53.0 Å². The van der Waals surface area contributed by atoms with Crippen molar-refractivity contribution in [3.63, 3.8) is 0 Å². The number of hydrogen-bond acceptors (Lipinski definition) is 6. The van der Waals surface area contributed by atoms with Gasteiger partial charge in [-0.25, -0.2) is 9.59 Å². The summed E-state index contributed by atoms with van der Waals surface area (Å²) in [6.07, 6.45) is 1.74. The molecule has 2 heterocycles. The topological polar surface area (TPSA) is 95.0 Å². The third-order valence-electron chi connectivity index (χ3n) is 5.25. The van der Waals surface area contributed by atoms with E-state index in [2.05, 4.69) is 5.32 Å². The van der Waals surface area contributed by atoms with Crippen LogP contribution in [0, 0.1) is 5.41 Å². The predicted octanol–water partition coefficient (Wildman–Crippen LogP) is 4.23. The van der Waals surface area contributed by atoms with Crippen LogP contribution in [0.25, 0.3) is 0 Å². The molecule has 2 fully saturated rings. The molecular formula is C22H32N4O4. The summed E-state index contributed by atoms with van der Waals surface area (Å²) >= 11 is 0. The van der Waals surface area contributed by atoms with Gasteiger partial charge in [0.1, 0.15) is 11.2 Å². The minimum absolute atomic E-state index is 0.202. The summed E-state index contributed by atoms with van der Waals surface area (Å²) in [6, 6.07) is 5.75. The molecule has 2 amide bonds. The van der Waals surface area contributed by atoms with Crippen molar-refractivity contribution in [3.8, 4) is 0 Å². The second kappa shape index (κ2) is 8.16. The Kier molecular flexibility index (Phi) is 5.97. The molecule has 0 atom stereocenters. The van der Waals surface area contributed by atoms with E-state index in [0.717, 1.165) is 16.9 Å². The highest BCUT2D eigenvalue weighted by molar-refractivity contribution is 5.93. The minimum atomic E-state index is -0.596. The van der Waals surface area contributed by atoms with E-state index in [1.165, 1.54) is 6.21 Å². The Labute approximate surface area is 178 Å². The standard InChI is InChI=1S/C22H32N4O4/c1-15(2)24-18-12-17(7-6-16(18)13-23)26-14-22(30-20(26)28)8-10-25(11-9-22)19(27)29-21(3,4)5/h6-7,12-13,15,23-24H,8-11,14H2,1-5H3. The monoisotopic (exact) mass is 416 g/mol. The van der Waals surface area contributed by atoms with E-state index in [1.807, 2.05) is 52.8 Å². The Morgan fingerprint density at radius 1 is 1.30 bits per heavy atom. The van der Waals surface area contributed by atoms with Crippen LogP contribution >= 0.6 is 0 Å². The van der Waals surface area contributed by atoms with Crippen LogP contribution < -0.4 is 10.2 Å². The molecule has 30 heavy (non-hydrogen) atoms. The van der Waals surface area contributed by atoms with E-state index >= 15 is 0 Å². The van der Waals surface area contributed by atoms with Crippen LogP contribution in [0.15, 0.2) is 18.2 Å². The van der Waals surface area contributed by atoms with Crippen molar-refractivity contribution in [1.82, 2.24) is 4.90 Å². The van der Waals surface area contributed by atoms with Crippen molar-refractivity contribution in [2.75, 3.05) is 29.9 Å². The molecule has 1 spiro atoms. The zero-order valence-corrected chi connectivity index (χ0v) is 18.4. The van der Waals surface area contributed by atoms with E-state index in [-0.39, 0.29) is 18.2 Å². The Morgan fingerprint density at radius 2 is 1.97 bits per heavy atom. The Bertz CT molecular complexity index is 823. The maximum Gasteiger partial charge on any atom is 0.415 e. The van der Waals surface area contributed by atoms with E-state index in [1.54, 1.807) is 9.80 Å². The third-order valence-corrected chi connectivity index (χ3v) is 5.25. The van der Waals surface area contributed by atoms with Crippen LogP contribution in [0.3, 0.4) is 0 Å². The summed E-state index contributed by atoms with van der Waals surface area (Å²) in [5, 5.41) is 10.9. The first-order valence-corrected chi connectivity index (χ1v) is 10.4. The number of ether oxygens (including phenoxy) is 2. The first-order valence-electron chi connectivity index (χ1n) is 10.4. The van der Waals surface area contributed by atoms with Gasteiger partial charge in [-0.15, -0.1) is 0 Å². The van der Waals surface area contributed by atoms with Gasteiger partial charge in [0.2, 0.25) is 0 Å². The number of anilines is 2. The third kappa shape index (κ3) is 4.86. The maximum atomic E-state index is 12.7. The quantitative estimate of drug-likeness (QED) is 0.716. The normalized spacial score (nSPS) is 18.5. The first-order chi connectivity index (χ1) is 14.0. The number of nitrogens with zero attached hydrogens (tertiary/aromatic N) is 2. The van der Waals surface area contributed by atoms with E-state index < -0.39 is 11.2 Å². The largest absolute Gasteiger partial charge is 0.444 e. The summed E-state index contributed by atoms with van der Waals surface area (Å²) < 4.78 is 11.3. The van der Waals surface area contributed by atoms with Gasteiger partial charge in [-0.1, -0.05) is 0 Å². The van der Waals surface area contributed by atoms with Gasteiger partial charge >= 0.3 is 12.2 Å². The highest BCUT2D eigenvalue weighted by Crippen LogP contribution is 2.37. The van der Waals surface area contributed by atoms with Crippen LogP contribution in [0.2, 0.25) is 0 Å². The molecule has 2 N–H and O–H groups in total. The average Bonchev–Trinajstić information content (AvgIpc) is 2.96. The fraction of sp³-hybridized carbons (Fsp3) is 0.591.